The van der Waals surface area contributed by atoms with Crippen molar-refractivity contribution in [2.24, 2.45) is 52.3 Å². The highest BCUT2D eigenvalue weighted by atomic mass is 16.7. The maximum Gasteiger partial charge on any atom is 0.302 e. The van der Waals surface area contributed by atoms with Crippen LogP contribution in [-0.4, -0.2) is 41.8 Å². The summed E-state index contributed by atoms with van der Waals surface area (Å²) in [6, 6.07) is 0. The van der Waals surface area contributed by atoms with Crippen molar-refractivity contribution < 1.29 is 24.1 Å². The lowest BCUT2D eigenvalue weighted by Gasteiger charge is -2.61. The largest absolute Gasteiger partial charge is 0.463 e. The number of carbonyl (C=O) groups is 1. The Morgan fingerprint density at radius 1 is 1.00 bits per heavy atom. The van der Waals surface area contributed by atoms with E-state index in [0.717, 1.165) is 37.5 Å². The molecule has 0 bridgehead atoms. The Balaban J connectivity index is 1.24. The predicted octanol–water partition coefficient (Wildman–Crippen LogP) is 5.34. The van der Waals surface area contributed by atoms with Gasteiger partial charge in [-0.15, -0.1) is 0 Å². The fraction of sp³-hybridized carbons (Fsp3) is 0.966. The van der Waals surface area contributed by atoms with Crippen molar-refractivity contribution in [3.63, 3.8) is 0 Å². The van der Waals surface area contributed by atoms with E-state index in [-0.39, 0.29) is 29.5 Å². The van der Waals surface area contributed by atoms with Gasteiger partial charge in [-0.05, 0) is 104 Å². The molecule has 5 heteroatoms. The quantitative estimate of drug-likeness (QED) is 0.520. The van der Waals surface area contributed by atoms with Gasteiger partial charge in [0.1, 0.15) is 12.2 Å². The molecule has 192 valence electrons. The van der Waals surface area contributed by atoms with E-state index in [2.05, 4.69) is 27.7 Å². The molecule has 2 heterocycles. The summed E-state index contributed by atoms with van der Waals surface area (Å²) in [4.78, 5) is 11.6. The number of hydrogen-bond acceptors (Lipinski definition) is 5. The van der Waals surface area contributed by atoms with Crippen LogP contribution >= 0.6 is 0 Å². The molecule has 6 aliphatic rings. The van der Waals surface area contributed by atoms with Crippen LogP contribution in [-0.2, 0) is 19.0 Å². The van der Waals surface area contributed by atoms with E-state index in [4.69, 9.17) is 14.2 Å². The second-order valence-electron chi connectivity index (χ2n) is 13.9. The minimum atomic E-state index is -0.776. The number of aliphatic hydroxyl groups is 1. The molecule has 6 rings (SSSR count). The zero-order chi connectivity index (χ0) is 24.0. The smallest absolute Gasteiger partial charge is 0.302 e. The molecule has 4 saturated carbocycles. The lowest BCUT2D eigenvalue weighted by Crippen LogP contribution is -2.60. The van der Waals surface area contributed by atoms with Gasteiger partial charge in [-0.2, -0.15) is 0 Å². The molecule has 0 radical (unpaired) electrons. The van der Waals surface area contributed by atoms with Crippen LogP contribution in [0.15, 0.2) is 0 Å². The van der Waals surface area contributed by atoms with Crippen LogP contribution in [0, 0.1) is 52.3 Å². The van der Waals surface area contributed by atoms with Crippen LogP contribution in [0.4, 0.5) is 0 Å². The molecule has 0 amide bonds. The second kappa shape index (κ2) is 7.92. The number of rotatable bonds is 1. The van der Waals surface area contributed by atoms with Gasteiger partial charge in [-0.25, -0.2) is 0 Å². The first-order valence-electron chi connectivity index (χ1n) is 14.2. The summed E-state index contributed by atoms with van der Waals surface area (Å²) in [7, 11) is 0. The molecule has 34 heavy (non-hydrogen) atoms. The lowest BCUT2D eigenvalue weighted by atomic mass is 9.44. The van der Waals surface area contributed by atoms with Gasteiger partial charge < -0.3 is 19.3 Å². The fourth-order valence-electron chi connectivity index (χ4n) is 10.7. The first-order chi connectivity index (χ1) is 16.1. The fourth-order valence-corrected chi connectivity index (χ4v) is 10.7. The van der Waals surface area contributed by atoms with Crippen LogP contribution in [0.5, 0.6) is 0 Å². The van der Waals surface area contributed by atoms with Gasteiger partial charge in [0.2, 0.25) is 0 Å². The molecule has 0 aromatic heterocycles. The average molecular weight is 475 g/mol. The van der Waals surface area contributed by atoms with E-state index in [1.54, 1.807) is 6.92 Å². The van der Waals surface area contributed by atoms with E-state index in [9.17, 15) is 9.90 Å². The number of carbonyl (C=O) groups excluding carboxylic acids is 1. The summed E-state index contributed by atoms with van der Waals surface area (Å²) in [6.45, 7) is 11.8. The van der Waals surface area contributed by atoms with Crippen LogP contribution in [0.25, 0.3) is 0 Å². The molecule has 0 aromatic rings. The monoisotopic (exact) mass is 474 g/mol. The second-order valence-corrected chi connectivity index (χ2v) is 13.9. The Morgan fingerprint density at radius 2 is 1.76 bits per heavy atom. The van der Waals surface area contributed by atoms with Gasteiger partial charge in [0.25, 0.3) is 0 Å². The van der Waals surface area contributed by atoms with Crippen molar-refractivity contribution in [3.8, 4) is 0 Å². The minimum Gasteiger partial charge on any atom is -0.463 e. The molecule has 6 fully saturated rings. The number of esters is 1. The highest BCUT2D eigenvalue weighted by molar-refractivity contribution is 5.66. The zero-order valence-corrected chi connectivity index (χ0v) is 21.9. The third kappa shape index (κ3) is 3.24. The van der Waals surface area contributed by atoms with Gasteiger partial charge in [0, 0.05) is 13.3 Å². The summed E-state index contributed by atoms with van der Waals surface area (Å²) in [5, 5.41) is 11.4. The summed E-state index contributed by atoms with van der Waals surface area (Å²) < 4.78 is 18.7. The molecule has 2 aliphatic heterocycles. The van der Waals surface area contributed by atoms with E-state index < -0.39 is 11.9 Å². The van der Waals surface area contributed by atoms with Gasteiger partial charge in [-0.3, -0.25) is 4.79 Å². The van der Waals surface area contributed by atoms with E-state index in [0.29, 0.717) is 35.7 Å². The summed E-state index contributed by atoms with van der Waals surface area (Å²) in [6.07, 6.45) is 10.1. The Hall–Kier alpha value is -0.650. The number of ether oxygens (including phenoxy) is 3. The topological polar surface area (TPSA) is 65.0 Å². The molecular formula is C29H46O5. The molecular weight excluding hydrogens is 428 g/mol. The van der Waals surface area contributed by atoms with Crippen molar-refractivity contribution >= 4 is 5.97 Å². The van der Waals surface area contributed by atoms with Crippen molar-refractivity contribution in [2.45, 2.75) is 117 Å². The van der Waals surface area contributed by atoms with E-state index in [1.165, 1.54) is 32.1 Å². The molecule has 4 aliphatic carbocycles. The highest BCUT2D eigenvalue weighted by Gasteiger charge is 2.68. The Kier molecular flexibility index (Phi) is 5.53. The molecule has 0 unspecified atom stereocenters. The Labute approximate surface area is 205 Å². The zero-order valence-electron chi connectivity index (χ0n) is 21.9. The normalized spacial score (nSPS) is 58.5. The van der Waals surface area contributed by atoms with Crippen LogP contribution in [0.1, 0.15) is 92.4 Å². The maximum absolute atomic E-state index is 11.6. The third-order valence-corrected chi connectivity index (χ3v) is 12.1. The van der Waals surface area contributed by atoms with Crippen LogP contribution in [0.3, 0.4) is 0 Å². The van der Waals surface area contributed by atoms with Gasteiger partial charge >= 0.3 is 5.97 Å². The minimum absolute atomic E-state index is 0.121. The van der Waals surface area contributed by atoms with Crippen molar-refractivity contribution in [3.05, 3.63) is 0 Å². The van der Waals surface area contributed by atoms with E-state index in [1.807, 2.05) is 0 Å². The first kappa shape index (κ1) is 23.7. The Morgan fingerprint density at radius 3 is 2.47 bits per heavy atom. The molecule has 5 nitrogen and oxygen atoms in total. The van der Waals surface area contributed by atoms with Crippen LogP contribution in [0.2, 0.25) is 0 Å². The predicted molar refractivity (Wildman–Crippen MR) is 129 cm³/mol. The van der Waals surface area contributed by atoms with Gasteiger partial charge in [0.05, 0.1) is 12.7 Å². The van der Waals surface area contributed by atoms with Crippen molar-refractivity contribution in [1.82, 2.24) is 0 Å². The summed E-state index contributed by atoms with van der Waals surface area (Å²) in [5.41, 5.74) is 0.613. The van der Waals surface area contributed by atoms with E-state index >= 15 is 0 Å². The molecule has 1 spiro atoms. The standard InChI is InChI=1S/C29H46O5/c1-16-14-29(32-15-16)26(31)17(2)25-24(34-29)13-23-21-7-6-19-12-20(33-18(3)30)8-10-27(19,4)22(21)9-11-28(23,25)5/h16-17,19-26,31H,6-15H2,1-5H3/t16-,17+,19-,20-,21-,22+,23+,24+,25+,26+,27+,28+,29-/m1/s1. The molecule has 13 atom stereocenters. The molecule has 2 saturated heterocycles. The van der Waals surface area contributed by atoms with Crippen molar-refractivity contribution in [2.75, 3.05) is 6.61 Å². The summed E-state index contributed by atoms with van der Waals surface area (Å²) >= 11 is 0. The summed E-state index contributed by atoms with van der Waals surface area (Å²) in [5.74, 6) is 3.04. The molecule has 0 aromatic carbocycles. The number of aliphatic hydroxyl groups excluding tert-OH is 1. The average Bonchev–Trinajstić information content (AvgIpc) is 3.29. The number of hydrogen-bond donors (Lipinski definition) is 1. The lowest BCUT2D eigenvalue weighted by molar-refractivity contribution is -0.330. The Bertz CT molecular complexity index is 829. The van der Waals surface area contributed by atoms with Gasteiger partial charge in [-0.1, -0.05) is 27.7 Å². The molecule has 1 N–H and O–H groups in total. The highest BCUT2D eigenvalue weighted by Crippen LogP contribution is 2.70. The number of fused-ring (bicyclic) bond motifs is 7. The third-order valence-electron chi connectivity index (χ3n) is 12.1. The first-order valence-corrected chi connectivity index (χ1v) is 14.2. The van der Waals surface area contributed by atoms with Gasteiger partial charge in [0.15, 0.2) is 5.79 Å². The maximum atomic E-state index is 11.6. The van der Waals surface area contributed by atoms with Crippen LogP contribution < -0.4 is 0 Å². The SMILES string of the molecule is CC(=O)O[C@@H]1CC[C@@]2(C)[C@H](CC[C@@H]3[C@@H]2CC[C@]2(C)[C@H]4[C@H](C)[C@H](O)[C@@]5(C[C@@H](C)CO5)O[C@H]4C[C@@H]32)C1. The van der Waals surface area contributed by atoms with Crippen molar-refractivity contribution in [1.29, 1.82) is 0 Å².